The lowest BCUT2D eigenvalue weighted by atomic mass is 10.2. The smallest absolute Gasteiger partial charge is 0.233 e. The molecule has 0 bridgehead atoms. The molecule has 1 heterocycles. The lowest BCUT2D eigenvalue weighted by Gasteiger charge is -2.26. The van der Waals surface area contributed by atoms with Gasteiger partial charge in [0.15, 0.2) is 0 Å². The summed E-state index contributed by atoms with van der Waals surface area (Å²) < 4.78 is 1.03. The van der Waals surface area contributed by atoms with Gasteiger partial charge in [-0.2, -0.15) is 0 Å². The SMILES string of the molecule is CN(C)CC1CC(O)CN1C(=O)CSc1ccc(Br)cc1. The largest absolute Gasteiger partial charge is 0.391 e. The fraction of sp³-hybridized carbons (Fsp3) is 0.533. The number of nitrogens with zero attached hydrogens (tertiary/aromatic N) is 2. The molecule has 21 heavy (non-hydrogen) atoms. The molecule has 116 valence electrons. The summed E-state index contributed by atoms with van der Waals surface area (Å²) in [5.74, 6) is 0.518. The zero-order valence-corrected chi connectivity index (χ0v) is 14.7. The van der Waals surface area contributed by atoms with Crippen LogP contribution in [0.25, 0.3) is 0 Å². The number of benzene rings is 1. The van der Waals surface area contributed by atoms with Crippen LogP contribution in [-0.4, -0.2) is 65.9 Å². The second-order valence-corrected chi connectivity index (χ2v) is 7.56. The fourth-order valence-electron chi connectivity index (χ4n) is 2.55. The summed E-state index contributed by atoms with van der Waals surface area (Å²) in [6.07, 6.45) is 0.281. The van der Waals surface area contributed by atoms with Gasteiger partial charge in [-0.25, -0.2) is 0 Å². The normalized spacial score (nSPS) is 22.0. The summed E-state index contributed by atoms with van der Waals surface area (Å²) >= 11 is 4.94. The van der Waals surface area contributed by atoms with Crippen molar-refractivity contribution in [1.29, 1.82) is 0 Å². The molecule has 2 rings (SSSR count). The number of halogens is 1. The number of rotatable bonds is 5. The van der Waals surface area contributed by atoms with Crippen molar-refractivity contribution in [2.24, 2.45) is 0 Å². The molecular formula is C15H21BrN2O2S. The maximum Gasteiger partial charge on any atom is 0.233 e. The van der Waals surface area contributed by atoms with Gasteiger partial charge in [-0.3, -0.25) is 4.79 Å². The third-order valence-corrected chi connectivity index (χ3v) is 4.99. The van der Waals surface area contributed by atoms with Gasteiger partial charge in [0.2, 0.25) is 5.91 Å². The van der Waals surface area contributed by atoms with Gasteiger partial charge in [-0.05, 0) is 44.8 Å². The molecule has 0 radical (unpaired) electrons. The maximum atomic E-state index is 12.4. The van der Waals surface area contributed by atoms with E-state index >= 15 is 0 Å². The lowest BCUT2D eigenvalue weighted by molar-refractivity contribution is -0.129. The Morgan fingerprint density at radius 3 is 2.71 bits per heavy atom. The summed E-state index contributed by atoms with van der Waals surface area (Å²) in [6.45, 7) is 1.25. The van der Waals surface area contributed by atoms with Crippen LogP contribution in [0.2, 0.25) is 0 Å². The zero-order chi connectivity index (χ0) is 15.4. The lowest BCUT2D eigenvalue weighted by Crippen LogP contribution is -2.42. The van der Waals surface area contributed by atoms with E-state index in [0.717, 1.165) is 15.9 Å². The van der Waals surface area contributed by atoms with E-state index in [1.54, 1.807) is 0 Å². The minimum atomic E-state index is -0.392. The quantitative estimate of drug-likeness (QED) is 0.803. The molecule has 0 saturated carbocycles. The molecule has 6 heteroatoms. The number of aliphatic hydroxyl groups excluding tert-OH is 1. The Labute approximate surface area is 138 Å². The highest BCUT2D eigenvalue weighted by Gasteiger charge is 2.34. The first-order valence-corrected chi connectivity index (χ1v) is 8.74. The molecule has 2 unspecified atom stereocenters. The van der Waals surface area contributed by atoms with E-state index in [4.69, 9.17) is 0 Å². The van der Waals surface area contributed by atoms with Crippen molar-refractivity contribution < 1.29 is 9.90 Å². The molecule has 4 nitrogen and oxygen atoms in total. The number of aliphatic hydroxyl groups is 1. The monoisotopic (exact) mass is 372 g/mol. The topological polar surface area (TPSA) is 43.8 Å². The minimum absolute atomic E-state index is 0.103. The Morgan fingerprint density at radius 2 is 2.10 bits per heavy atom. The van der Waals surface area contributed by atoms with E-state index in [-0.39, 0.29) is 11.9 Å². The van der Waals surface area contributed by atoms with Crippen LogP contribution >= 0.6 is 27.7 Å². The summed E-state index contributed by atoms with van der Waals surface area (Å²) in [4.78, 5) is 17.4. The standard InChI is InChI=1S/C15H21BrN2O2S/c1-17(2)8-12-7-13(19)9-18(12)15(20)10-21-14-5-3-11(16)4-6-14/h3-6,12-13,19H,7-10H2,1-2H3. The molecule has 1 aliphatic rings. The number of hydrogen-bond acceptors (Lipinski definition) is 4. The number of carbonyl (C=O) groups is 1. The van der Waals surface area contributed by atoms with Gasteiger partial charge in [-0.1, -0.05) is 15.9 Å². The Bertz CT molecular complexity index is 481. The van der Waals surface area contributed by atoms with Gasteiger partial charge in [0.05, 0.1) is 11.9 Å². The predicted octanol–water partition coefficient (Wildman–Crippen LogP) is 2.06. The van der Waals surface area contributed by atoms with Crippen LogP contribution in [0.3, 0.4) is 0 Å². The number of β-amino-alcohol motifs (C(OH)–C–C–N with tert-alkyl or cyclic N) is 1. The van der Waals surface area contributed by atoms with Crippen molar-refractivity contribution in [3.63, 3.8) is 0 Å². The minimum Gasteiger partial charge on any atom is -0.391 e. The van der Waals surface area contributed by atoms with Crippen molar-refractivity contribution >= 4 is 33.6 Å². The van der Waals surface area contributed by atoms with Gasteiger partial charge < -0.3 is 14.9 Å². The first-order chi connectivity index (χ1) is 9.95. The molecule has 1 aromatic rings. The number of amides is 1. The maximum absolute atomic E-state index is 12.4. The summed E-state index contributed by atoms with van der Waals surface area (Å²) in [5, 5.41) is 9.82. The van der Waals surface area contributed by atoms with Crippen LogP contribution < -0.4 is 0 Å². The first-order valence-electron chi connectivity index (χ1n) is 6.96. The van der Waals surface area contributed by atoms with Crippen molar-refractivity contribution in [1.82, 2.24) is 9.80 Å². The molecule has 1 saturated heterocycles. The van der Waals surface area contributed by atoms with Crippen molar-refractivity contribution in [2.45, 2.75) is 23.5 Å². The van der Waals surface area contributed by atoms with Crippen LogP contribution in [0.15, 0.2) is 33.6 Å². The van der Waals surface area contributed by atoms with Crippen LogP contribution in [0.1, 0.15) is 6.42 Å². The number of likely N-dealkylation sites (tertiary alicyclic amines) is 1. The zero-order valence-electron chi connectivity index (χ0n) is 12.3. The van der Waals surface area contributed by atoms with E-state index in [2.05, 4.69) is 20.8 Å². The van der Waals surface area contributed by atoms with E-state index in [9.17, 15) is 9.90 Å². The second-order valence-electron chi connectivity index (χ2n) is 5.59. The second kappa shape index (κ2) is 7.63. The molecule has 1 aliphatic heterocycles. The van der Waals surface area contributed by atoms with Gasteiger partial charge in [0.25, 0.3) is 0 Å². The van der Waals surface area contributed by atoms with Crippen molar-refractivity contribution in [2.75, 3.05) is 32.9 Å². The highest BCUT2D eigenvalue weighted by Crippen LogP contribution is 2.24. The first kappa shape index (κ1) is 16.8. The van der Waals surface area contributed by atoms with Gasteiger partial charge >= 0.3 is 0 Å². The molecular weight excluding hydrogens is 352 g/mol. The van der Waals surface area contributed by atoms with Crippen molar-refractivity contribution in [3.05, 3.63) is 28.7 Å². The summed E-state index contributed by atoms with van der Waals surface area (Å²) in [5.41, 5.74) is 0. The Balaban J connectivity index is 1.90. The van der Waals surface area contributed by atoms with Crippen LogP contribution in [-0.2, 0) is 4.79 Å². The van der Waals surface area contributed by atoms with Crippen LogP contribution in [0.5, 0.6) is 0 Å². The molecule has 1 fully saturated rings. The van der Waals surface area contributed by atoms with E-state index in [1.807, 2.05) is 43.3 Å². The van der Waals surface area contributed by atoms with E-state index in [1.165, 1.54) is 11.8 Å². The van der Waals surface area contributed by atoms with E-state index < -0.39 is 6.10 Å². The number of likely N-dealkylation sites (N-methyl/N-ethyl adjacent to an activating group) is 1. The van der Waals surface area contributed by atoms with Crippen LogP contribution in [0.4, 0.5) is 0 Å². The van der Waals surface area contributed by atoms with Crippen LogP contribution in [0, 0.1) is 0 Å². The predicted molar refractivity (Wildman–Crippen MR) is 89.5 cm³/mol. The Morgan fingerprint density at radius 1 is 1.43 bits per heavy atom. The molecule has 0 spiro atoms. The number of carbonyl (C=O) groups excluding carboxylic acids is 1. The highest BCUT2D eigenvalue weighted by atomic mass is 79.9. The molecule has 1 amide bonds. The fourth-order valence-corrected chi connectivity index (χ4v) is 3.60. The molecule has 0 aromatic heterocycles. The van der Waals surface area contributed by atoms with Gasteiger partial charge in [-0.15, -0.1) is 11.8 Å². The summed E-state index contributed by atoms with van der Waals surface area (Å²) in [7, 11) is 3.98. The van der Waals surface area contributed by atoms with Gasteiger partial charge in [0.1, 0.15) is 0 Å². The molecule has 0 aliphatic carbocycles. The average Bonchev–Trinajstić information content (AvgIpc) is 2.78. The third kappa shape index (κ3) is 4.98. The Hall–Kier alpha value is -0.560. The number of hydrogen-bond donors (Lipinski definition) is 1. The molecule has 2 atom stereocenters. The van der Waals surface area contributed by atoms with Gasteiger partial charge in [0, 0.05) is 28.5 Å². The molecule has 1 N–H and O–H groups in total. The number of thioether (sulfide) groups is 1. The molecule has 1 aromatic carbocycles. The highest BCUT2D eigenvalue weighted by molar-refractivity contribution is 9.10. The van der Waals surface area contributed by atoms with Crippen molar-refractivity contribution in [3.8, 4) is 0 Å². The average molecular weight is 373 g/mol. The summed E-state index contributed by atoms with van der Waals surface area (Å²) in [6, 6.07) is 8.06. The Kier molecular flexibility index (Phi) is 6.10. The third-order valence-electron chi connectivity index (χ3n) is 3.46. The van der Waals surface area contributed by atoms with E-state index in [0.29, 0.717) is 18.7 Å².